The van der Waals surface area contributed by atoms with Gasteiger partial charge >= 0.3 is 0 Å². The van der Waals surface area contributed by atoms with Crippen LogP contribution < -0.4 is 0 Å². The molecule has 3 rings (SSSR count). The third kappa shape index (κ3) is 3.98. The monoisotopic (exact) mass is 333 g/mol. The van der Waals surface area contributed by atoms with Gasteiger partial charge in [-0.25, -0.2) is 4.39 Å². The van der Waals surface area contributed by atoms with Gasteiger partial charge in [0.1, 0.15) is 5.82 Å². The molecule has 0 bridgehead atoms. The number of nitrogens with zero attached hydrogens (tertiary/aromatic N) is 1. The number of ether oxygens (including phenoxy) is 1. The van der Waals surface area contributed by atoms with Gasteiger partial charge in [0.25, 0.3) is 5.91 Å². The predicted molar refractivity (Wildman–Crippen MR) is 89.2 cm³/mol. The van der Waals surface area contributed by atoms with Gasteiger partial charge in [-0.2, -0.15) is 11.3 Å². The van der Waals surface area contributed by atoms with Crippen molar-refractivity contribution in [1.29, 1.82) is 0 Å². The third-order valence-electron chi connectivity index (χ3n) is 4.11. The molecule has 0 saturated carbocycles. The van der Waals surface area contributed by atoms with Gasteiger partial charge in [-0.05, 0) is 65.9 Å². The summed E-state index contributed by atoms with van der Waals surface area (Å²) >= 11 is 1.62. The Morgan fingerprint density at radius 1 is 1.43 bits per heavy atom. The van der Waals surface area contributed by atoms with Gasteiger partial charge in [0.05, 0.1) is 6.10 Å². The lowest BCUT2D eigenvalue weighted by molar-refractivity contribution is 0.0507. The number of amides is 1. The smallest absolute Gasteiger partial charge is 0.254 e. The van der Waals surface area contributed by atoms with E-state index in [4.69, 9.17) is 4.74 Å². The highest BCUT2D eigenvalue weighted by atomic mass is 32.1. The molecule has 1 aliphatic heterocycles. The molecule has 1 fully saturated rings. The Kier molecular flexibility index (Phi) is 5.08. The van der Waals surface area contributed by atoms with Crippen molar-refractivity contribution in [3.05, 3.63) is 57.5 Å². The molecule has 0 N–H and O–H groups in total. The second-order valence-corrected chi connectivity index (χ2v) is 6.69. The molecule has 23 heavy (non-hydrogen) atoms. The van der Waals surface area contributed by atoms with E-state index in [-0.39, 0.29) is 17.8 Å². The maximum absolute atomic E-state index is 13.3. The lowest BCUT2D eigenvalue weighted by Gasteiger charge is -2.26. The van der Waals surface area contributed by atoms with Crippen LogP contribution in [0.25, 0.3) is 0 Å². The Bertz CT molecular complexity index is 666. The van der Waals surface area contributed by atoms with Crippen LogP contribution in [-0.4, -0.2) is 30.1 Å². The second kappa shape index (κ2) is 7.23. The lowest BCUT2D eigenvalue weighted by atomic mass is 10.1. The minimum atomic E-state index is -0.317. The van der Waals surface area contributed by atoms with Crippen LogP contribution in [-0.2, 0) is 11.3 Å². The number of aryl methyl sites for hydroxylation is 1. The SMILES string of the molecule is Cc1cc(F)ccc1C(=O)N(Cc1ccsc1)CC1CCCO1. The van der Waals surface area contributed by atoms with E-state index in [0.717, 1.165) is 25.0 Å². The van der Waals surface area contributed by atoms with Crippen LogP contribution in [0.15, 0.2) is 35.0 Å². The molecule has 0 spiro atoms. The number of carbonyl (C=O) groups is 1. The average molecular weight is 333 g/mol. The highest BCUT2D eigenvalue weighted by Crippen LogP contribution is 2.20. The largest absolute Gasteiger partial charge is 0.376 e. The Hall–Kier alpha value is -1.72. The van der Waals surface area contributed by atoms with Gasteiger partial charge in [0.2, 0.25) is 0 Å². The van der Waals surface area contributed by atoms with Crippen LogP contribution in [0.1, 0.15) is 34.3 Å². The van der Waals surface area contributed by atoms with Crippen molar-refractivity contribution in [1.82, 2.24) is 4.90 Å². The number of hydrogen-bond acceptors (Lipinski definition) is 3. The number of benzene rings is 1. The maximum atomic E-state index is 13.3. The van der Waals surface area contributed by atoms with Gasteiger partial charge in [0.15, 0.2) is 0 Å². The summed E-state index contributed by atoms with van der Waals surface area (Å²) in [6.45, 7) is 3.66. The zero-order valence-corrected chi connectivity index (χ0v) is 13.9. The molecule has 1 aliphatic rings. The van der Waals surface area contributed by atoms with E-state index in [0.29, 0.717) is 24.2 Å². The molecular formula is C18H20FNO2S. The van der Waals surface area contributed by atoms with E-state index in [2.05, 4.69) is 0 Å². The molecule has 0 radical (unpaired) electrons. The number of hydrogen-bond donors (Lipinski definition) is 0. The standard InChI is InChI=1S/C18H20FNO2S/c1-13-9-15(19)4-5-17(13)18(21)20(10-14-6-8-23-12-14)11-16-3-2-7-22-16/h4-6,8-9,12,16H,2-3,7,10-11H2,1H3. The van der Waals surface area contributed by atoms with Crippen molar-refractivity contribution >= 4 is 17.2 Å². The molecule has 2 heterocycles. The summed E-state index contributed by atoms with van der Waals surface area (Å²) in [5.41, 5.74) is 2.33. The molecule has 1 aromatic carbocycles. The topological polar surface area (TPSA) is 29.5 Å². The molecule has 3 nitrogen and oxygen atoms in total. The number of carbonyl (C=O) groups excluding carboxylic acids is 1. The van der Waals surface area contributed by atoms with Crippen LogP contribution in [0.4, 0.5) is 4.39 Å². The van der Waals surface area contributed by atoms with E-state index in [1.807, 2.05) is 21.7 Å². The molecule has 2 aromatic rings. The molecule has 5 heteroatoms. The summed E-state index contributed by atoms with van der Waals surface area (Å²) < 4.78 is 19.0. The van der Waals surface area contributed by atoms with Gasteiger partial charge < -0.3 is 9.64 Å². The maximum Gasteiger partial charge on any atom is 0.254 e. The van der Waals surface area contributed by atoms with Crippen molar-refractivity contribution in [2.75, 3.05) is 13.2 Å². The molecule has 1 atom stereocenters. The van der Waals surface area contributed by atoms with Gasteiger partial charge in [0, 0.05) is 25.3 Å². The van der Waals surface area contributed by atoms with Crippen molar-refractivity contribution in [3.8, 4) is 0 Å². The lowest BCUT2D eigenvalue weighted by Crippen LogP contribution is -2.37. The van der Waals surface area contributed by atoms with E-state index in [1.54, 1.807) is 24.3 Å². The van der Waals surface area contributed by atoms with E-state index < -0.39 is 0 Å². The van der Waals surface area contributed by atoms with E-state index >= 15 is 0 Å². The van der Waals surface area contributed by atoms with Crippen LogP contribution in [0.3, 0.4) is 0 Å². The summed E-state index contributed by atoms with van der Waals surface area (Å²) in [4.78, 5) is 14.8. The minimum Gasteiger partial charge on any atom is -0.376 e. The summed E-state index contributed by atoms with van der Waals surface area (Å²) in [6.07, 6.45) is 2.12. The second-order valence-electron chi connectivity index (χ2n) is 5.91. The van der Waals surface area contributed by atoms with Crippen molar-refractivity contribution < 1.29 is 13.9 Å². The van der Waals surface area contributed by atoms with E-state index in [9.17, 15) is 9.18 Å². The molecular weight excluding hydrogens is 313 g/mol. The fourth-order valence-corrected chi connectivity index (χ4v) is 3.55. The predicted octanol–water partition coefficient (Wildman–Crippen LogP) is 4.02. The fraction of sp³-hybridized carbons (Fsp3) is 0.389. The van der Waals surface area contributed by atoms with Gasteiger partial charge in [-0.3, -0.25) is 4.79 Å². The first kappa shape index (κ1) is 16.1. The summed E-state index contributed by atoms with van der Waals surface area (Å²) in [5, 5.41) is 4.06. The zero-order valence-electron chi connectivity index (χ0n) is 13.1. The Morgan fingerprint density at radius 3 is 2.96 bits per heavy atom. The third-order valence-corrected chi connectivity index (χ3v) is 4.84. The quantitative estimate of drug-likeness (QED) is 0.827. The molecule has 0 aliphatic carbocycles. The fourth-order valence-electron chi connectivity index (χ4n) is 2.89. The summed E-state index contributed by atoms with van der Waals surface area (Å²) in [7, 11) is 0. The number of thiophene rings is 1. The number of rotatable bonds is 5. The molecule has 1 unspecified atom stereocenters. The van der Waals surface area contributed by atoms with Crippen molar-refractivity contribution in [3.63, 3.8) is 0 Å². The van der Waals surface area contributed by atoms with Crippen LogP contribution >= 0.6 is 11.3 Å². The van der Waals surface area contributed by atoms with Crippen LogP contribution in [0.5, 0.6) is 0 Å². The average Bonchev–Trinajstić information content (AvgIpc) is 3.19. The highest BCUT2D eigenvalue weighted by molar-refractivity contribution is 7.07. The first-order valence-corrected chi connectivity index (χ1v) is 8.76. The normalized spacial score (nSPS) is 17.4. The van der Waals surface area contributed by atoms with Crippen LogP contribution in [0.2, 0.25) is 0 Å². The van der Waals surface area contributed by atoms with Gasteiger partial charge in [-0.1, -0.05) is 0 Å². The van der Waals surface area contributed by atoms with Gasteiger partial charge in [-0.15, -0.1) is 0 Å². The summed E-state index contributed by atoms with van der Waals surface area (Å²) in [6, 6.07) is 6.35. The molecule has 1 aromatic heterocycles. The Balaban J connectivity index is 1.81. The minimum absolute atomic E-state index is 0.0656. The Labute approximate surface area is 139 Å². The zero-order chi connectivity index (χ0) is 16.2. The molecule has 1 amide bonds. The van der Waals surface area contributed by atoms with Crippen LogP contribution in [0, 0.1) is 12.7 Å². The molecule has 122 valence electrons. The number of halogens is 1. The van der Waals surface area contributed by atoms with E-state index in [1.165, 1.54) is 12.1 Å². The summed E-state index contributed by atoms with van der Waals surface area (Å²) in [5.74, 6) is -0.383. The van der Waals surface area contributed by atoms with Crippen molar-refractivity contribution in [2.24, 2.45) is 0 Å². The Morgan fingerprint density at radius 2 is 2.30 bits per heavy atom. The van der Waals surface area contributed by atoms with Crippen molar-refractivity contribution in [2.45, 2.75) is 32.4 Å². The first-order valence-electron chi connectivity index (χ1n) is 7.81. The molecule has 1 saturated heterocycles. The highest BCUT2D eigenvalue weighted by Gasteiger charge is 2.24. The first-order chi connectivity index (χ1) is 11.1.